The summed E-state index contributed by atoms with van der Waals surface area (Å²) in [6, 6.07) is 0. The molecule has 0 saturated heterocycles. The minimum absolute atomic E-state index is 0.182. The van der Waals surface area contributed by atoms with Gasteiger partial charge in [0.1, 0.15) is 0 Å². The monoisotopic (exact) mass is 202 g/mol. The zero-order valence-electron chi connectivity index (χ0n) is 10.3. The van der Waals surface area contributed by atoms with Gasteiger partial charge in [0.2, 0.25) is 0 Å². The Balaban J connectivity index is 0. The van der Waals surface area contributed by atoms with Gasteiger partial charge in [-0.05, 0) is 6.42 Å². The summed E-state index contributed by atoms with van der Waals surface area (Å²) in [6.45, 7) is 8.52. The van der Waals surface area contributed by atoms with E-state index < -0.39 is 0 Å². The summed E-state index contributed by atoms with van der Waals surface area (Å²) in [5.41, 5.74) is 0. The van der Waals surface area contributed by atoms with Crippen molar-refractivity contribution < 1.29 is 9.53 Å². The highest BCUT2D eigenvalue weighted by molar-refractivity contribution is 5.65. The number of hydrogen-bond acceptors (Lipinski definition) is 2. The quantitative estimate of drug-likeness (QED) is 0.482. The molecule has 0 rings (SSSR count). The maximum atomic E-state index is 10.1. The molecule has 0 bridgehead atoms. The zero-order valence-corrected chi connectivity index (χ0v) is 10.3. The Morgan fingerprint density at radius 2 is 1.36 bits per heavy atom. The molecule has 0 radical (unpaired) electrons. The van der Waals surface area contributed by atoms with Crippen molar-refractivity contribution in [3.63, 3.8) is 0 Å². The van der Waals surface area contributed by atoms with Gasteiger partial charge in [-0.15, -0.1) is 0 Å². The Labute approximate surface area is 89.0 Å². The van der Waals surface area contributed by atoms with Gasteiger partial charge in [-0.1, -0.05) is 52.9 Å². The summed E-state index contributed by atoms with van der Waals surface area (Å²) in [4.78, 5) is 10.1. The van der Waals surface area contributed by atoms with Crippen LogP contribution >= 0.6 is 0 Å². The van der Waals surface area contributed by atoms with E-state index in [-0.39, 0.29) is 5.97 Å². The Morgan fingerprint density at radius 3 is 1.64 bits per heavy atom. The first-order chi connectivity index (χ1) is 6.68. The lowest BCUT2D eigenvalue weighted by molar-refractivity contribution is -0.141. The summed E-state index contributed by atoms with van der Waals surface area (Å²) < 4.78 is 4.64. The van der Waals surface area contributed by atoms with Crippen molar-refractivity contribution >= 4 is 5.97 Å². The first-order valence-corrected chi connectivity index (χ1v) is 5.82. The SMILES string of the molecule is CCCCCC.CCCCOC(C)=O. The molecule has 0 aliphatic heterocycles. The van der Waals surface area contributed by atoms with Crippen molar-refractivity contribution in [2.75, 3.05) is 6.61 Å². The Hall–Kier alpha value is -0.530. The molecule has 14 heavy (non-hydrogen) atoms. The number of carbonyl (C=O) groups excluding carboxylic acids is 1. The van der Waals surface area contributed by atoms with Crippen LogP contribution < -0.4 is 0 Å². The van der Waals surface area contributed by atoms with Crippen molar-refractivity contribution in [2.45, 2.75) is 66.2 Å². The molecule has 0 aromatic heterocycles. The molecule has 0 aromatic rings. The molecule has 2 heteroatoms. The van der Waals surface area contributed by atoms with Crippen molar-refractivity contribution in [1.82, 2.24) is 0 Å². The molecule has 2 nitrogen and oxygen atoms in total. The Kier molecular flexibility index (Phi) is 17.0. The summed E-state index contributed by atoms with van der Waals surface area (Å²) in [5, 5.41) is 0. The molecule has 86 valence electrons. The minimum Gasteiger partial charge on any atom is -0.466 e. The third-order valence-corrected chi connectivity index (χ3v) is 1.76. The highest BCUT2D eigenvalue weighted by Gasteiger charge is 1.88. The molecule has 0 unspecified atom stereocenters. The molecule has 0 heterocycles. The standard InChI is InChI=1S/C6H12O2.C6H14/c1-3-4-5-8-6(2)7;1-3-5-6-4-2/h3-5H2,1-2H3;3-6H2,1-2H3. The van der Waals surface area contributed by atoms with Crippen molar-refractivity contribution in [3.05, 3.63) is 0 Å². The average molecular weight is 202 g/mol. The lowest BCUT2D eigenvalue weighted by Crippen LogP contribution is -1.99. The number of ether oxygens (including phenoxy) is 1. The van der Waals surface area contributed by atoms with Crippen LogP contribution in [0.15, 0.2) is 0 Å². The summed E-state index contributed by atoms with van der Waals surface area (Å²) >= 11 is 0. The van der Waals surface area contributed by atoms with E-state index in [2.05, 4.69) is 25.5 Å². The second-order valence-electron chi connectivity index (χ2n) is 3.40. The van der Waals surface area contributed by atoms with Crippen LogP contribution in [0.2, 0.25) is 0 Å². The van der Waals surface area contributed by atoms with Gasteiger partial charge in [0, 0.05) is 6.92 Å². The molecule has 0 aliphatic carbocycles. The number of carbonyl (C=O) groups is 1. The molecule has 0 aliphatic rings. The number of unbranched alkanes of at least 4 members (excludes halogenated alkanes) is 4. The molecule has 0 atom stereocenters. The predicted molar refractivity (Wildman–Crippen MR) is 61.4 cm³/mol. The lowest BCUT2D eigenvalue weighted by atomic mass is 10.2. The van der Waals surface area contributed by atoms with Crippen LogP contribution in [-0.4, -0.2) is 12.6 Å². The molecule has 0 aromatic carbocycles. The van der Waals surface area contributed by atoms with Gasteiger partial charge in [0.05, 0.1) is 6.61 Å². The minimum atomic E-state index is -0.182. The van der Waals surface area contributed by atoms with E-state index in [1.54, 1.807) is 0 Å². The van der Waals surface area contributed by atoms with Gasteiger partial charge in [-0.25, -0.2) is 0 Å². The van der Waals surface area contributed by atoms with Crippen LogP contribution in [0.4, 0.5) is 0 Å². The normalized spacial score (nSPS) is 8.86. The van der Waals surface area contributed by atoms with E-state index in [1.165, 1.54) is 32.6 Å². The van der Waals surface area contributed by atoms with Gasteiger partial charge >= 0.3 is 5.97 Å². The number of esters is 1. The molecule has 0 amide bonds. The van der Waals surface area contributed by atoms with Crippen LogP contribution in [0.1, 0.15) is 66.2 Å². The maximum absolute atomic E-state index is 10.1. The summed E-state index contributed by atoms with van der Waals surface area (Å²) in [7, 11) is 0. The summed E-state index contributed by atoms with van der Waals surface area (Å²) in [5.74, 6) is -0.182. The average Bonchev–Trinajstić information content (AvgIpc) is 2.16. The molecular weight excluding hydrogens is 176 g/mol. The van der Waals surface area contributed by atoms with Gasteiger partial charge < -0.3 is 4.74 Å². The van der Waals surface area contributed by atoms with Gasteiger partial charge in [0.15, 0.2) is 0 Å². The topological polar surface area (TPSA) is 26.3 Å². The van der Waals surface area contributed by atoms with Crippen LogP contribution in [0.5, 0.6) is 0 Å². The fraction of sp³-hybridized carbons (Fsp3) is 0.917. The van der Waals surface area contributed by atoms with Crippen LogP contribution in [0.25, 0.3) is 0 Å². The smallest absolute Gasteiger partial charge is 0.302 e. The van der Waals surface area contributed by atoms with Gasteiger partial charge in [-0.3, -0.25) is 4.79 Å². The van der Waals surface area contributed by atoms with Crippen LogP contribution in [-0.2, 0) is 9.53 Å². The summed E-state index contributed by atoms with van der Waals surface area (Å²) in [6.07, 6.45) is 7.58. The number of rotatable bonds is 6. The van der Waals surface area contributed by atoms with E-state index >= 15 is 0 Å². The first kappa shape index (κ1) is 15.9. The second-order valence-corrected chi connectivity index (χ2v) is 3.40. The largest absolute Gasteiger partial charge is 0.466 e. The molecule has 0 saturated carbocycles. The van der Waals surface area contributed by atoms with E-state index in [4.69, 9.17) is 0 Å². The maximum Gasteiger partial charge on any atom is 0.302 e. The number of hydrogen-bond donors (Lipinski definition) is 0. The molecule has 0 spiro atoms. The Bertz CT molecular complexity index is 107. The van der Waals surface area contributed by atoms with Gasteiger partial charge in [-0.2, -0.15) is 0 Å². The molecule has 0 fully saturated rings. The van der Waals surface area contributed by atoms with E-state index in [1.807, 2.05) is 0 Å². The lowest BCUT2D eigenvalue weighted by Gasteiger charge is -1.96. The predicted octanol–water partition coefficient (Wildman–Crippen LogP) is 3.94. The van der Waals surface area contributed by atoms with E-state index in [0.717, 1.165) is 12.8 Å². The fourth-order valence-corrected chi connectivity index (χ4v) is 0.860. The van der Waals surface area contributed by atoms with Crippen molar-refractivity contribution in [1.29, 1.82) is 0 Å². The third-order valence-electron chi connectivity index (χ3n) is 1.76. The van der Waals surface area contributed by atoms with Gasteiger partial charge in [0.25, 0.3) is 0 Å². The highest BCUT2D eigenvalue weighted by Crippen LogP contribution is 1.95. The van der Waals surface area contributed by atoms with Crippen LogP contribution in [0, 0.1) is 0 Å². The van der Waals surface area contributed by atoms with Crippen molar-refractivity contribution in [2.24, 2.45) is 0 Å². The second kappa shape index (κ2) is 15.0. The zero-order chi connectivity index (χ0) is 11.2. The van der Waals surface area contributed by atoms with Crippen molar-refractivity contribution in [3.8, 4) is 0 Å². The van der Waals surface area contributed by atoms with E-state index in [9.17, 15) is 4.79 Å². The highest BCUT2D eigenvalue weighted by atomic mass is 16.5. The van der Waals surface area contributed by atoms with Crippen LogP contribution in [0.3, 0.4) is 0 Å². The first-order valence-electron chi connectivity index (χ1n) is 5.82. The van der Waals surface area contributed by atoms with E-state index in [0.29, 0.717) is 6.61 Å². The Morgan fingerprint density at radius 1 is 0.929 bits per heavy atom. The fourth-order valence-electron chi connectivity index (χ4n) is 0.860. The molecule has 0 N–H and O–H groups in total. The molecular formula is C12H26O2. The third kappa shape index (κ3) is 22.5.